The van der Waals surface area contributed by atoms with Crippen molar-refractivity contribution in [2.75, 3.05) is 19.7 Å². The van der Waals surface area contributed by atoms with Gasteiger partial charge in [0.25, 0.3) is 0 Å². The van der Waals surface area contributed by atoms with E-state index >= 15 is 0 Å². The third kappa shape index (κ3) is 3.25. The Labute approximate surface area is 126 Å². The first kappa shape index (κ1) is 14.1. The van der Waals surface area contributed by atoms with Crippen molar-refractivity contribution < 1.29 is 18.7 Å². The van der Waals surface area contributed by atoms with Crippen LogP contribution in [-0.2, 0) is 16.1 Å². The number of ether oxygens (including phenoxy) is 1. The lowest BCUT2D eigenvalue weighted by atomic mass is 10.2. The molecule has 3 heterocycles. The van der Waals surface area contributed by atoms with Crippen molar-refractivity contribution in [2.45, 2.75) is 6.54 Å². The number of nitrogens with one attached hydrogen (secondary N) is 1. The van der Waals surface area contributed by atoms with Crippen molar-refractivity contribution >= 4 is 12.0 Å². The van der Waals surface area contributed by atoms with E-state index in [1.54, 1.807) is 18.5 Å². The molecule has 1 aliphatic rings. The van der Waals surface area contributed by atoms with Gasteiger partial charge in [-0.05, 0) is 29.8 Å². The minimum absolute atomic E-state index is 0.00889. The topological polar surface area (TPSA) is 84.7 Å². The summed E-state index contributed by atoms with van der Waals surface area (Å²) < 4.78 is 10.1. The highest BCUT2D eigenvalue weighted by atomic mass is 16.6. The van der Waals surface area contributed by atoms with Gasteiger partial charge in [-0.1, -0.05) is 0 Å². The first-order valence-electron chi connectivity index (χ1n) is 6.89. The van der Waals surface area contributed by atoms with E-state index in [1.807, 2.05) is 18.2 Å². The molecule has 2 aromatic heterocycles. The molecule has 22 heavy (non-hydrogen) atoms. The van der Waals surface area contributed by atoms with Gasteiger partial charge >= 0.3 is 6.09 Å². The number of carbonyl (C=O) groups excluding carboxylic acids is 2. The summed E-state index contributed by atoms with van der Waals surface area (Å²) in [6.07, 6.45) is 2.80. The average Bonchev–Trinajstić information content (AvgIpc) is 3.18. The largest absolute Gasteiger partial charge is 0.463 e. The fourth-order valence-electron chi connectivity index (χ4n) is 2.14. The number of carbonyl (C=O) groups is 2. The molecule has 0 aromatic carbocycles. The molecule has 1 N–H and O–H groups in total. The standard InChI is InChI=1S/C15H15N3O4/c19-14(10-18-5-7-22-15(18)20)17-9-11-3-4-16-12(8-11)13-2-1-6-21-13/h1-4,6,8H,5,7,9-10H2,(H,17,19). The molecule has 2 aromatic rings. The maximum Gasteiger partial charge on any atom is 0.410 e. The predicted octanol–water partition coefficient (Wildman–Crippen LogP) is 1.41. The van der Waals surface area contributed by atoms with Gasteiger partial charge in [-0.3, -0.25) is 14.7 Å². The lowest BCUT2D eigenvalue weighted by Crippen LogP contribution is -2.37. The van der Waals surface area contributed by atoms with Gasteiger partial charge in [0.15, 0.2) is 5.76 Å². The summed E-state index contributed by atoms with van der Waals surface area (Å²) in [5.74, 6) is 0.447. The van der Waals surface area contributed by atoms with Crippen LogP contribution in [-0.4, -0.2) is 41.6 Å². The zero-order valence-corrected chi connectivity index (χ0v) is 11.8. The van der Waals surface area contributed by atoms with E-state index in [0.717, 1.165) is 5.56 Å². The van der Waals surface area contributed by atoms with Crippen molar-refractivity contribution in [1.82, 2.24) is 15.2 Å². The number of nitrogens with zero attached hydrogens (tertiary/aromatic N) is 2. The molecule has 0 bridgehead atoms. The SMILES string of the molecule is O=C(CN1CCOC1=O)NCc1ccnc(-c2ccco2)c1. The number of aromatic nitrogens is 1. The van der Waals surface area contributed by atoms with E-state index in [1.165, 1.54) is 4.90 Å². The van der Waals surface area contributed by atoms with Crippen molar-refractivity contribution in [3.8, 4) is 11.5 Å². The summed E-state index contributed by atoms with van der Waals surface area (Å²) in [4.78, 5) is 28.7. The third-order valence-corrected chi connectivity index (χ3v) is 3.27. The molecule has 3 rings (SSSR count). The molecule has 7 nitrogen and oxygen atoms in total. The molecule has 0 saturated carbocycles. The van der Waals surface area contributed by atoms with Gasteiger partial charge in [0.1, 0.15) is 18.8 Å². The monoisotopic (exact) mass is 301 g/mol. The van der Waals surface area contributed by atoms with Crippen LogP contribution in [0.25, 0.3) is 11.5 Å². The maximum absolute atomic E-state index is 11.8. The average molecular weight is 301 g/mol. The number of rotatable bonds is 5. The van der Waals surface area contributed by atoms with Crippen LogP contribution in [0.2, 0.25) is 0 Å². The molecule has 0 aliphatic carbocycles. The minimum Gasteiger partial charge on any atom is -0.463 e. The summed E-state index contributed by atoms with van der Waals surface area (Å²) in [6.45, 7) is 1.15. The van der Waals surface area contributed by atoms with Crippen LogP contribution in [0.5, 0.6) is 0 Å². The maximum atomic E-state index is 11.8. The lowest BCUT2D eigenvalue weighted by Gasteiger charge is -2.12. The fraction of sp³-hybridized carbons (Fsp3) is 0.267. The lowest BCUT2D eigenvalue weighted by molar-refractivity contribution is -0.121. The Bertz CT molecular complexity index is 669. The zero-order valence-electron chi connectivity index (χ0n) is 11.8. The van der Waals surface area contributed by atoms with Crippen LogP contribution in [0.15, 0.2) is 41.1 Å². The first-order valence-corrected chi connectivity index (χ1v) is 6.89. The molecule has 2 amide bonds. The van der Waals surface area contributed by atoms with E-state index in [4.69, 9.17) is 9.15 Å². The second-order valence-corrected chi connectivity index (χ2v) is 4.84. The van der Waals surface area contributed by atoms with Crippen molar-refractivity contribution in [3.63, 3.8) is 0 Å². The van der Waals surface area contributed by atoms with E-state index < -0.39 is 6.09 Å². The van der Waals surface area contributed by atoms with Gasteiger partial charge in [-0.15, -0.1) is 0 Å². The summed E-state index contributed by atoms with van der Waals surface area (Å²) >= 11 is 0. The molecule has 1 fully saturated rings. The van der Waals surface area contributed by atoms with Crippen molar-refractivity contribution in [3.05, 3.63) is 42.3 Å². The molecule has 0 spiro atoms. The Hall–Kier alpha value is -2.83. The zero-order chi connectivity index (χ0) is 15.4. The van der Waals surface area contributed by atoms with Crippen LogP contribution < -0.4 is 5.32 Å². The Balaban J connectivity index is 1.56. The minimum atomic E-state index is -0.445. The van der Waals surface area contributed by atoms with Gasteiger partial charge in [-0.25, -0.2) is 4.79 Å². The molecular weight excluding hydrogens is 286 g/mol. The van der Waals surface area contributed by atoms with Gasteiger partial charge in [0, 0.05) is 12.7 Å². The van der Waals surface area contributed by atoms with Crippen LogP contribution in [0.4, 0.5) is 4.79 Å². The molecule has 0 radical (unpaired) electrons. The Kier molecular flexibility index (Phi) is 4.04. The fourth-order valence-corrected chi connectivity index (χ4v) is 2.14. The number of hydrogen-bond donors (Lipinski definition) is 1. The number of furan rings is 1. The highest BCUT2D eigenvalue weighted by Gasteiger charge is 2.23. The van der Waals surface area contributed by atoms with Crippen LogP contribution in [0.3, 0.4) is 0 Å². The molecular formula is C15H15N3O4. The highest BCUT2D eigenvalue weighted by Crippen LogP contribution is 2.17. The van der Waals surface area contributed by atoms with Gasteiger partial charge in [-0.2, -0.15) is 0 Å². The van der Waals surface area contributed by atoms with Crippen LogP contribution in [0, 0.1) is 0 Å². The normalized spacial score (nSPS) is 14.0. The highest BCUT2D eigenvalue weighted by molar-refractivity contribution is 5.82. The summed E-state index contributed by atoms with van der Waals surface area (Å²) in [6, 6.07) is 7.28. The molecule has 7 heteroatoms. The molecule has 1 aliphatic heterocycles. The summed E-state index contributed by atoms with van der Waals surface area (Å²) in [5.41, 5.74) is 1.61. The molecule has 0 atom stereocenters. The number of cyclic esters (lactones) is 1. The van der Waals surface area contributed by atoms with Crippen LogP contribution >= 0.6 is 0 Å². The van der Waals surface area contributed by atoms with Gasteiger partial charge < -0.3 is 14.5 Å². The quantitative estimate of drug-likeness (QED) is 0.902. The van der Waals surface area contributed by atoms with E-state index in [-0.39, 0.29) is 12.5 Å². The predicted molar refractivity (Wildman–Crippen MR) is 76.7 cm³/mol. The van der Waals surface area contributed by atoms with E-state index in [2.05, 4.69) is 10.3 Å². The third-order valence-electron chi connectivity index (χ3n) is 3.27. The second-order valence-electron chi connectivity index (χ2n) is 4.84. The number of hydrogen-bond acceptors (Lipinski definition) is 5. The number of amides is 2. The Morgan fingerprint density at radius 3 is 3.05 bits per heavy atom. The van der Waals surface area contributed by atoms with Crippen LogP contribution in [0.1, 0.15) is 5.56 Å². The molecule has 1 saturated heterocycles. The van der Waals surface area contributed by atoms with Gasteiger partial charge in [0.2, 0.25) is 5.91 Å². The number of pyridine rings is 1. The smallest absolute Gasteiger partial charge is 0.410 e. The van der Waals surface area contributed by atoms with E-state index in [0.29, 0.717) is 31.2 Å². The Morgan fingerprint density at radius 1 is 1.41 bits per heavy atom. The Morgan fingerprint density at radius 2 is 2.32 bits per heavy atom. The van der Waals surface area contributed by atoms with Crippen molar-refractivity contribution in [1.29, 1.82) is 0 Å². The molecule has 0 unspecified atom stereocenters. The molecule has 114 valence electrons. The summed E-state index contributed by atoms with van der Waals surface area (Å²) in [7, 11) is 0. The van der Waals surface area contributed by atoms with Gasteiger partial charge in [0.05, 0.1) is 12.8 Å². The summed E-state index contributed by atoms with van der Waals surface area (Å²) in [5, 5.41) is 2.77. The van der Waals surface area contributed by atoms with E-state index in [9.17, 15) is 9.59 Å². The first-order chi connectivity index (χ1) is 10.7. The second kappa shape index (κ2) is 6.30. The van der Waals surface area contributed by atoms with Crippen molar-refractivity contribution in [2.24, 2.45) is 0 Å².